The maximum absolute atomic E-state index is 15.2. The molecule has 2 aromatic carbocycles. The average molecular weight is 503 g/mol. The van der Waals surface area contributed by atoms with Crippen molar-refractivity contribution in [3.63, 3.8) is 0 Å². The van der Waals surface area contributed by atoms with Gasteiger partial charge in [0.1, 0.15) is 11.9 Å². The fourth-order valence-electron chi connectivity index (χ4n) is 3.94. The van der Waals surface area contributed by atoms with Gasteiger partial charge in [-0.05, 0) is 37.0 Å². The first kappa shape index (κ1) is 24.0. The van der Waals surface area contributed by atoms with Crippen LogP contribution >= 0.6 is 11.6 Å². The lowest BCUT2D eigenvalue weighted by molar-refractivity contribution is -0.152. The molecular weight excluding hydrogens is 480 g/mol. The second-order valence-electron chi connectivity index (χ2n) is 8.80. The molecule has 1 N–H and O–H groups in total. The Balaban J connectivity index is 1.92. The van der Waals surface area contributed by atoms with E-state index < -0.39 is 33.3 Å². The van der Waals surface area contributed by atoms with Gasteiger partial charge in [-0.25, -0.2) is 12.8 Å². The van der Waals surface area contributed by atoms with Crippen LogP contribution < -0.4 is 4.72 Å². The van der Waals surface area contributed by atoms with Gasteiger partial charge in [-0.15, -0.1) is 0 Å². The fourth-order valence-corrected chi connectivity index (χ4v) is 5.72. The van der Waals surface area contributed by atoms with Crippen LogP contribution in [-0.2, 0) is 16.6 Å². The maximum atomic E-state index is 15.2. The topological polar surface area (TPSA) is 51.1 Å². The van der Waals surface area contributed by atoms with Crippen LogP contribution in [0.25, 0.3) is 22.0 Å². The zero-order valence-electron chi connectivity index (χ0n) is 18.0. The van der Waals surface area contributed by atoms with Gasteiger partial charge in [0.15, 0.2) is 0 Å². The van der Waals surface area contributed by atoms with Gasteiger partial charge in [0.2, 0.25) is 10.0 Å². The second-order valence-corrected chi connectivity index (χ2v) is 11.2. The molecule has 178 valence electrons. The van der Waals surface area contributed by atoms with Gasteiger partial charge in [0.25, 0.3) is 0 Å². The molecule has 0 saturated heterocycles. The van der Waals surface area contributed by atoms with Crippen molar-refractivity contribution in [2.24, 2.45) is 5.92 Å². The number of alkyl halides is 3. The van der Waals surface area contributed by atoms with Gasteiger partial charge in [0.05, 0.1) is 5.25 Å². The summed E-state index contributed by atoms with van der Waals surface area (Å²) < 4.78 is 85.6. The second kappa shape index (κ2) is 8.60. The van der Waals surface area contributed by atoms with Crippen molar-refractivity contribution in [2.75, 3.05) is 0 Å². The minimum atomic E-state index is -4.91. The molecule has 3 aromatic rings. The molecule has 0 aliphatic heterocycles. The number of sulfonamides is 1. The number of benzene rings is 2. The number of nitrogens with zero attached hydrogens (tertiary/aromatic N) is 1. The summed E-state index contributed by atoms with van der Waals surface area (Å²) in [4.78, 5) is 0. The van der Waals surface area contributed by atoms with E-state index in [1.807, 2.05) is 18.6 Å². The first-order valence-electron chi connectivity index (χ1n) is 10.5. The minimum absolute atomic E-state index is 0.00442. The van der Waals surface area contributed by atoms with E-state index in [-0.39, 0.29) is 22.4 Å². The van der Waals surface area contributed by atoms with Crippen molar-refractivity contribution in [1.29, 1.82) is 0 Å². The maximum Gasteiger partial charge on any atom is 0.408 e. The SMILES string of the molecule is CC(C)Cn1cc([C@H](NS(=O)(=O)C2CC2)C(F)(F)F)c2cc(F)c(-c3ccccc3Cl)cc21. The van der Waals surface area contributed by atoms with Crippen LogP contribution in [0, 0.1) is 11.7 Å². The molecule has 0 radical (unpaired) electrons. The quantitative estimate of drug-likeness (QED) is 0.378. The monoisotopic (exact) mass is 502 g/mol. The highest BCUT2D eigenvalue weighted by Gasteiger charge is 2.47. The summed E-state index contributed by atoms with van der Waals surface area (Å²) in [6.07, 6.45) is -2.99. The first-order valence-corrected chi connectivity index (χ1v) is 12.5. The average Bonchev–Trinajstić information content (AvgIpc) is 3.51. The lowest BCUT2D eigenvalue weighted by Crippen LogP contribution is -2.39. The van der Waals surface area contributed by atoms with E-state index in [2.05, 4.69) is 0 Å². The van der Waals surface area contributed by atoms with E-state index >= 15 is 4.39 Å². The van der Waals surface area contributed by atoms with E-state index in [9.17, 15) is 21.6 Å². The van der Waals surface area contributed by atoms with Crippen LogP contribution in [0.5, 0.6) is 0 Å². The largest absolute Gasteiger partial charge is 0.408 e. The van der Waals surface area contributed by atoms with E-state index in [0.717, 1.165) is 6.07 Å². The van der Waals surface area contributed by atoms with E-state index in [4.69, 9.17) is 11.6 Å². The molecule has 10 heteroatoms. The summed E-state index contributed by atoms with van der Waals surface area (Å²) in [7, 11) is -4.16. The third-order valence-electron chi connectivity index (χ3n) is 5.61. The van der Waals surface area contributed by atoms with Crippen LogP contribution in [0.2, 0.25) is 5.02 Å². The number of hydrogen-bond acceptors (Lipinski definition) is 2. The molecule has 4 nitrogen and oxygen atoms in total. The molecule has 1 aromatic heterocycles. The van der Waals surface area contributed by atoms with Crippen molar-refractivity contribution in [1.82, 2.24) is 9.29 Å². The zero-order valence-corrected chi connectivity index (χ0v) is 19.5. The summed E-state index contributed by atoms with van der Waals surface area (Å²) >= 11 is 6.23. The number of rotatable bonds is 7. The van der Waals surface area contributed by atoms with Crippen LogP contribution in [0.15, 0.2) is 42.6 Å². The Labute approximate surface area is 194 Å². The molecule has 0 bridgehead atoms. The predicted molar refractivity (Wildman–Crippen MR) is 121 cm³/mol. The summed E-state index contributed by atoms with van der Waals surface area (Å²) in [5, 5.41) is -0.511. The molecule has 1 fully saturated rings. The normalized spacial score (nSPS) is 16.0. The molecular formula is C23H23ClF4N2O2S. The Bertz CT molecular complexity index is 1300. The molecule has 4 rings (SSSR count). The summed E-state index contributed by atoms with van der Waals surface area (Å²) in [6.45, 7) is 4.17. The first-order chi connectivity index (χ1) is 15.4. The van der Waals surface area contributed by atoms with Crippen LogP contribution in [0.1, 0.15) is 38.3 Å². The molecule has 1 aliphatic rings. The standard InChI is InChI=1S/C23H23ClF4N2O2S/c1-13(2)11-30-12-18(22(23(26,27)28)29-33(31,32)14-7-8-14)17-9-20(25)16(10-21(17)30)15-5-3-4-6-19(15)24/h3-6,9-10,12-14,22,29H,7-8,11H2,1-2H3/t22-/m0/s1. The summed E-state index contributed by atoms with van der Waals surface area (Å²) in [5.41, 5.74) is 0.617. The molecule has 0 unspecified atom stereocenters. The highest BCUT2D eigenvalue weighted by atomic mass is 35.5. The molecule has 33 heavy (non-hydrogen) atoms. The lowest BCUT2D eigenvalue weighted by Gasteiger charge is -2.21. The fraction of sp³-hybridized carbons (Fsp3) is 0.391. The highest BCUT2D eigenvalue weighted by molar-refractivity contribution is 7.90. The lowest BCUT2D eigenvalue weighted by atomic mass is 10.0. The predicted octanol–water partition coefficient (Wildman–Crippen LogP) is 6.44. The number of nitrogens with one attached hydrogen (secondary N) is 1. The van der Waals surface area contributed by atoms with E-state index in [1.54, 1.807) is 28.8 Å². The van der Waals surface area contributed by atoms with Crippen LogP contribution in [-0.4, -0.2) is 24.4 Å². The van der Waals surface area contributed by atoms with Crippen molar-refractivity contribution in [2.45, 2.75) is 50.7 Å². The molecule has 1 aliphatic carbocycles. The number of halogens is 5. The molecule has 0 spiro atoms. The van der Waals surface area contributed by atoms with Gasteiger partial charge in [0, 0.05) is 45.4 Å². The van der Waals surface area contributed by atoms with Gasteiger partial charge >= 0.3 is 6.18 Å². The third kappa shape index (κ3) is 4.90. The van der Waals surface area contributed by atoms with E-state index in [0.29, 0.717) is 35.5 Å². The Hall–Kier alpha value is -2.10. The Kier molecular flexibility index (Phi) is 6.26. The molecule has 1 heterocycles. The molecule has 0 amide bonds. The van der Waals surface area contributed by atoms with Gasteiger partial charge in [-0.3, -0.25) is 0 Å². The zero-order chi connectivity index (χ0) is 24.1. The van der Waals surface area contributed by atoms with Crippen LogP contribution in [0.4, 0.5) is 17.6 Å². The minimum Gasteiger partial charge on any atom is -0.347 e. The van der Waals surface area contributed by atoms with Crippen molar-refractivity contribution in [3.8, 4) is 11.1 Å². The smallest absolute Gasteiger partial charge is 0.347 e. The van der Waals surface area contributed by atoms with Crippen molar-refractivity contribution in [3.05, 3.63) is 59.0 Å². The van der Waals surface area contributed by atoms with E-state index in [1.165, 1.54) is 12.3 Å². The van der Waals surface area contributed by atoms with Gasteiger partial charge < -0.3 is 4.57 Å². The molecule has 1 saturated carbocycles. The van der Waals surface area contributed by atoms with Gasteiger partial charge in [-0.2, -0.15) is 17.9 Å². The Morgan fingerprint density at radius 3 is 2.39 bits per heavy atom. The van der Waals surface area contributed by atoms with Crippen LogP contribution in [0.3, 0.4) is 0 Å². The summed E-state index contributed by atoms with van der Waals surface area (Å²) in [6, 6.07) is 6.64. The number of aromatic nitrogens is 1. The number of fused-ring (bicyclic) bond motifs is 1. The highest BCUT2D eigenvalue weighted by Crippen LogP contribution is 2.42. The Morgan fingerprint density at radius 1 is 1.15 bits per heavy atom. The van der Waals surface area contributed by atoms with Crippen molar-refractivity contribution >= 4 is 32.5 Å². The third-order valence-corrected chi connectivity index (χ3v) is 7.85. The Morgan fingerprint density at radius 2 is 1.82 bits per heavy atom. The summed E-state index contributed by atoms with van der Waals surface area (Å²) in [5.74, 6) is -0.667. The number of hydrogen-bond donors (Lipinski definition) is 1. The van der Waals surface area contributed by atoms with Gasteiger partial charge in [-0.1, -0.05) is 43.6 Å². The van der Waals surface area contributed by atoms with Crippen molar-refractivity contribution < 1.29 is 26.0 Å². The molecule has 1 atom stereocenters.